The third-order valence-corrected chi connectivity index (χ3v) is 4.14. The van der Waals surface area contributed by atoms with E-state index in [-0.39, 0.29) is 12.1 Å². The molecule has 138 valence electrons. The summed E-state index contributed by atoms with van der Waals surface area (Å²) in [6.45, 7) is 0.250. The Bertz CT molecular complexity index is 907. The maximum Gasteiger partial charge on any atom is 0.417 e. The predicted octanol–water partition coefficient (Wildman–Crippen LogP) is 4.74. The molecule has 3 rings (SSSR count). The van der Waals surface area contributed by atoms with Crippen LogP contribution in [0.25, 0.3) is 11.1 Å². The lowest BCUT2D eigenvalue weighted by molar-refractivity contribution is -0.137. The van der Waals surface area contributed by atoms with E-state index >= 15 is 0 Å². The number of pyridine rings is 1. The third kappa shape index (κ3) is 4.73. The quantitative estimate of drug-likeness (QED) is 0.705. The monoisotopic (exact) mass is 370 g/mol. The van der Waals surface area contributed by atoms with Gasteiger partial charge in [-0.05, 0) is 47.4 Å². The Morgan fingerprint density at radius 1 is 0.889 bits per heavy atom. The van der Waals surface area contributed by atoms with Gasteiger partial charge >= 0.3 is 6.18 Å². The highest BCUT2D eigenvalue weighted by molar-refractivity contribution is 5.95. The summed E-state index contributed by atoms with van der Waals surface area (Å²) in [5.41, 5.74) is 1.79. The molecule has 0 saturated heterocycles. The van der Waals surface area contributed by atoms with Gasteiger partial charge in [0.1, 0.15) is 0 Å². The lowest BCUT2D eigenvalue weighted by Crippen LogP contribution is -2.28. The summed E-state index contributed by atoms with van der Waals surface area (Å²) < 4.78 is 39.0. The van der Waals surface area contributed by atoms with Gasteiger partial charge in [0.15, 0.2) is 0 Å². The van der Waals surface area contributed by atoms with Gasteiger partial charge in [-0.25, -0.2) is 0 Å². The number of hydrogen-bond donors (Lipinski definition) is 1. The van der Waals surface area contributed by atoms with Crippen molar-refractivity contribution in [3.05, 3.63) is 89.7 Å². The zero-order valence-electron chi connectivity index (χ0n) is 14.3. The van der Waals surface area contributed by atoms with Crippen molar-refractivity contribution in [3.8, 4) is 11.1 Å². The van der Waals surface area contributed by atoms with Crippen molar-refractivity contribution in [1.82, 2.24) is 10.3 Å². The number of carbonyl (C=O) groups excluding carboxylic acids is 1. The van der Waals surface area contributed by atoms with Crippen LogP contribution >= 0.6 is 0 Å². The van der Waals surface area contributed by atoms with Gasteiger partial charge in [-0.2, -0.15) is 13.2 Å². The van der Waals surface area contributed by atoms with E-state index in [4.69, 9.17) is 0 Å². The van der Waals surface area contributed by atoms with Crippen molar-refractivity contribution in [2.75, 3.05) is 6.54 Å². The van der Waals surface area contributed by atoms with Gasteiger partial charge in [0, 0.05) is 18.9 Å². The molecule has 1 N–H and O–H groups in total. The average molecular weight is 370 g/mol. The predicted molar refractivity (Wildman–Crippen MR) is 97.2 cm³/mol. The average Bonchev–Trinajstić information content (AvgIpc) is 2.68. The standard InChI is InChI=1S/C21H17F3N2O/c22-21(23,24)19-4-2-1-3-18(19)20(27)26-14-9-15-5-7-16(8-6-15)17-10-12-25-13-11-17/h1-8,10-13H,9,14H2,(H,26,27). The summed E-state index contributed by atoms with van der Waals surface area (Å²) in [5.74, 6) is -0.726. The Kier molecular flexibility index (Phi) is 5.54. The Balaban J connectivity index is 1.60. The van der Waals surface area contributed by atoms with Gasteiger partial charge in [-0.3, -0.25) is 9.78 Å². The van der Waals surface area contributed by atoms with Crippen LogP contribution in [0.2, 0.25) is 0 Å². The van der Waals surface area contributed by atoms with E-state index in [1.807, 2.05) is 36.4 Å². The second-order valence-electron chi connectivity index (χ2n) is 5.98. The Hall–Kier alpha value is -3.15. The number of rotatable bonds is 5. The molecular formula is C21H17F3N2O. The summed E-state index contributed by atoms with van der Waals surface area (Å²) >= 11 is 0. The first kappa shape index (κ1) is 18.6. The molecule has 0 aliphatic heterocycles. The largest absolute Gasteiger partial charge is 0.417 e. The number of nitrogens with zero attached hydrogens (tertiary/aromatic N) is 1. The molecule has 0 bridgehead atoms. The number of benzene rings is 2. The molecule has 0 saturated carbocycles. The van der Waals surface area contributed by atoms with Gasteiger partial charge in [0.05, 0.1) is 11.1 Å². The lowest BCUT2D eigenvalue weighted by atomic mass is 10.0. The van der Waals surface area contributed by atoms with Crippen LogP contribution in [0.3, 0.4) is 0 Å². The zero-order chi connectivity index (χ0) is 19.3. The summed E-state index contributed by atoms with van der Waals surface area (Å²) in [7, 11) is 0. The van der Waals surface area contributed by atoms with E-state index in [1.165, 1.54) is 18.2 Å². The summed E-state index contributed by atoms with van der Waals surface area (Å²) in [6.07, 6.45) is -0.595. The smallest absolute Gasteiger partial charge is 0.352 e. The molecule has 0 aliphatic rings. The lowest BCUT2D eigenvalue weighted by Gasteiger charge is -2.12. The maximum absolute atomic E-state index is 13.0. The number of hydrogen-bond acceptors (Lipinski definition) is 2. The van der Waals surface area contributed by atoms with Crippen LogP contribution in [-0.2, 0) is 12.6 Å². The molecule has 0 fully saturated rings. The molecule has 2 aromatic carbocycles. The minimum Gasteiger partial charge on any atom is -0.352 e. The molecule has 1 aromatic heterocycles. The van der Waals surface area contributed by atoms with Crippen molar-refractivity contribution < 1.29 is 18.0 Å². The molecule has 0 atom stereocenters. The molecule has 27 heavy (non-hydrogen) atoms. The normalized spacial score (nSPS) is 11.2. The van der Waals surface area contributed by atoms with Crippen molar-refractivity contribution in [2.24, 2.45) is 0 Å². The minimum absolute atomic E-state index is 0.250. The molecule has 1 amide bonds. The van der Waals surface area contributed by atoms with E-state index in [9.17, 15) is 18.0 Å². The van der Waals surface area contributed by atoms with Gasteiger partial charge in [-0.1, -0.05) is 36.4 Å². The highest BCUT2D eigenvalue weighted by atomic mass is 19.4. The summed E-state index contributed by atoms with van der Waals surface area (Å²) in [6, 6.07) is 16.4. The van der Waals surface area contributed by atoms with Gasteiger partial charge in [-0.15, -0.1) is 0 Å². The fraction of sp³-hybridized carbons (Fsp3) is 0.143. The van der Waals surface area contributed by atoms with Gasteiger partial charge in [0.25, 0.3) is 5.91 Å². The van der Waals surface area contributed by atoms with Gasteiger partial charge < -0.3 is 5.32 Å². The number of amides is 1. The number of alkyl halides is 3. The van der Waals surface area contributed by atoms with E-state index < -0.39 is 17.6 Å². The van der Waals surface area contributed by atoms with Crippen LogP contribution in [0, 0.1) is 0 Å². The molecule has 0 spiro atoms. The first-order valence-corrected chi connectivity index (χ1v) is 8.39. The second kappa shape index (κ2) is 8.03. The van der Waals surface area contributed by atoms with E-state index in [1.54, 1.807) is 12.4 Å². The zero-order valence-corrected chi connectivity index (χ0v) is 14.3. The first-order valence-electron chi connectivity index (χ1n) is 8.39. The number of carbonyl (C=O) groups is 1. The summed E-state index contributed by atoms with van der Waals surface area (Å²) in [4.78, 5) is 16.1. The molecule has 3 aromatic rings. The van der Waals surface area contributed by atoms with Gasteiger partial charge in [0.2, 0.25) is 0 Å². The molecule has 0 unspecified atom stereocenters. The highest BCUT2D eigenvalue weighted by Crippen LogP contribution is 2.31. The van der Waals surface area contributed by atoms with E-state index in [0.717, 1.165) is 22.8 Å². The van der Waals surface area contributed by atoms with Crippen molar-refractivity contribution in [2.45, 2.75) is 12.6 Å². The van der Waals surface area contributed by atoms with Crippen LogP contribution < -0.4 is 5.32 Å². The number of nitrogens with one attached hydrogen (secondary N) is 1. The number of aromatic nitrogens is 1. The molecule has 1 heterocycles. The Labute approximate surface area is 154 Å². The first-order chi connectivity index (χ1) is 12.9. The fourth-order valence-electron chi connectivity index (χ4n) is 2.75. The van der Waals surface area contributed by atoms with Crippen LogP contribution in [-0.4, -0.2) is 17.4 Å². The molecule has 6 heteroatoms. The highest BCUT2D eigenvalue weighted by Gasteiger charge is 2.34. The maximum atomic E-state index is 13.0. The molecule has 0 aliphatic carbocycles. The van der Waals surface area contributed by atoms with Crippen LogP contribution in [0.4, 0.5) is 13.2 Å². The van der Waals surface area contributed by atoms with Crippen LogP contribution in [0.15, 0.2) is 73.1 Å². The topological polar surface area (TPSA) is 42.0 Å². The minimum atomic E-state index is -4.56. The van der Waals surface area contributed by atoms with Crippen LogP contribution in [0.5, 0.6) is 0 Å². The van der Waals surface area contributed by atoms with E-state index in [0.29, 0.717) is 6.42 Å². The van der Waals surface area contributed by atoms with Crippen molar-refractivity contribution in [3.63, 3.8) is 0 Å². The van der Waals surface area contributed by atoms with Crippen molar-refractivity contribution >= 4 is 5.91 Å². The molecular weight excluding hydrogens is 353 g/mol. The molecule has 0 radical (unpaired) electrons. The van der Waals surface area contributed by atoms with Crippen molar-refractivity contribution in [1.29, 1.82) is 0 Å². The Morgan fingerprint density at radius 3 is 2.19 bits per heavy atom. The number of halogens is 3. The summed E-state index contributed by atoms with van der Waals surface area (Å²) in [5, 5.41) is 2.56. The Morgan fingerprint density at radius 2 is 1.52 bits per heavy atom. The fourth-order valence-corrected chi connectivity index (χ4v) is 2.75. The second-order valence-corrected chi connectivity index (χ2v) is 5.98. The molecule has 3 nitrogen and oxygen atoms in total. The SMILES string of the molecule is O=C(NCCc1ccc(-c2ccncc2)cc1)c1ccccc1C(F)(F)F. The third-order valence-electron chi connectivity index (χ3n) is 4.14. The van der Waals surface area contributed by atoms with E-state index in [2.05, 4.69) is 10.3 Å². The van der Waals surface area contributed by atoms with Crippen LogP contribution in [0.1, 0.15) is 21.5 Å².